The van der Waals surface area contributed by atoms with Crippen LogP contribution < -0.4 is 15.5 Å². The highest BCUT2D eigenvalue weighted by molar-refractivity contribution is 9.10. The lowest BCUT2D eigenvalue weighted by molar-refractivity contribution is -0.123. The molecule has 2 aliphatic heterocycles. The monoisotopic (exact) mass is 409 g/mol. The van der Waals surface area contributed by atoms with Crippen LogP contribution in [-0.2, 0) is 4.79 Å². The molecular formula is C15H22BrCl2N3O. The molecule has 2 unspecified atom stereocenters. The maximum Gasteiger partial charge on any atom is 0.237 e. The maximum absolute atomic E-state index is 12.1. The van der Waals surface area contributed by atoms with E-state index in [0.717, 1.165) is 43.4 Å². The average molecular weight is 411 g/mol. The van der Waals surface area contributed by atoms with Crippen LogP contribution in [0.1, 0.15) is 19.3 Å². The Morgan fingerprint density at radius 1 is 1.27 bits per heavy atom. The Bertz CT molecular complexity index is 497. The van der Waals surface area contributed by atoms with Gasteiger partial charge in [-0.25, -0.2) is 0 Å². The van der Waals surface area contributed by atoms with Crippen molar-refractivity contribution >= 4 is 52.3 Å². The summed E-state index contributed by atoms with van der Waals surface area (Å²) >= 11 is 3.59. The van der Waals surface area contributed by atoms with Gasteiger partial charge in [-0.15, -0.1) is 24.8 Å². The highest BCUT2D eigenvalue weighted by atomic mass is 79.9. The lowest BCUT2D eigenvalue weighted by Crippen LogP contribution is -2.46. The van der Waals surface area contributed by atoms with Gasteiger partial charge in [0.05, 0.1) is 11.7 Å². The fourth-order valence-electron chi connectivity index (χ4n) is 3.02. The Morgan fingerprint density at radius 2 is 2.05 bits per heavy atom. The summed E-state index contributed by atoms with van der Waals surface area (Å²) in [7, 11) is 0. The molecule has 2 fully saturated rings. The molecule has 1 amide bonds. The van der Waals surface area contributed by atoms with Gasteiger partial charge in [0.1, 0.15) is 0 Å². The second-order valence-corrected chi connectivity index (χ2v) is 6.39. The smallest absolute Gasteiger partial charge is 0.237 e. The predicted molar refractivity (Wildman–Crippen MR) is 98.4 cm³/mol. The number of carbonyl (C=O) groups is 1. The van der Waals surface area contributed by atoms with Crippen LogP contribution in [0.2, 0.25) is 0 Å². The van der Waals surface area contributed by atoms with Crippen LogP contribution in [0.15, 0.2) is 28.7 Å². The molecule has 2 atom stereocenters. The lowest BCUT2D eigenvalue weighted by atomic mass is 10.2. The van der Waals surface area contributed by atoms with E-state index in [0.29, 0.717) is 0 Å². The molecule has 0 saturated carbocycles. The third-order valence-corrected chi connectivity index (χ3v) is 4.78. The minimum Gasteiger partial charge on any atom is -0.368 e. The van der Waals surface area contributed by atoms with Crippen LogP contribution in [0.5, 0.6) is 0 Å². The quantitative estimate of drug-likeness (QED) is 0.805. The van der Waals surface area contributed by atoms with Crippen LogP contribution in [0.4, 0.5) is 5.69 Å². The van der Waals surface area contributed by atoms with Crippen LogP contribution >= 0.6 is 40.7 Å². The molecule has 0 aromatic heterocycles. The summed E-state index contributed by atoms with van der Waals surface area (Å²) in [4.78, 5) is 14.4. The van der Waals surface area contributed by atoms with Crippen LogP contribution in [-0.4, -0.2) is 37.6 Å². The van der Waals surface area contributed by atoms with Gasteiger partial charge >= 0.3 is 0 Å². The third-order valence-electron chi connectivity index (χ3n) is 4.10. The normalized spacial score (nSPS) is 23.6. The second-order valence-electron chi connectivity index (χ2n) is 5.54. The first-order chi connectivity index (χ1) is 9.74. The van der Waals surface area contributed by atoms with Gasteiger partial charge in [-0.1, -0.05) is 12.1 Å². The molecule has 1 aromatic carbocycles. The average Bonchev–Trinajstić information content (AvgIpc) is 3.10. The number of hydrogen-bond donors (Lipinski definition) is 2. The van der Waals surface area contributed by atoms with Crippen molar-refractivity contribution in [3.05, 3.63) is 28.7 Å². The number of nitrogens with one attached hydrogen (secondary N) is 2. The van der Waals surface area contributed by atoms with Crippen molar-refractivity contribution in [1.82, 2.24) is 10.6 Å². The molecule has 2 heterocycles. The zero-order chi connectivity index (χ0) is 13.9. The minimum atomic E-state index is 0. The molecule has 7 heteroatoms. The van der Waals surface area contributed by atoms with Crippen LogP contribution in [0.3, 0.4) is 0 Å². The number of anilines is 1. The van der Waals surface area contributed by atoms with Gasteiger partial charge in [-0.2, -0.15) is 0 Å². The molecule has 22 heavy (non-hydrogen) atoms. The fourth-order valence-corrected chi connectivity index (χ4v) is 3.55. The SMILES string of the molecule is Cl.Cl.O=C(NC1CCN(c2ccccc2Br)C1)C1CCCN1. The first-order valence-corrected chi connectivity index (χ1v) is 8.06. The van der Waals surface area contributed by atoms with Crippen molar-refractivity contribution in [3.8, 4) is 0 Å². The molecule has 2 N–H and O–H groups in total. The minimum absolute atomic E-state index is 0. The Balaban J connectivity index is 0.00000121. The second kappa shape index (κ2) is 8.96. The number of hydrogen-bond acceptors (Lipinski definition) is 3. The molecule has 1 aromatic rings. The van der Waals surface area contributed by atoms with E-state index >= 15 is 0 Å². The summed E-state index contributed by atoms with van der Waals surface area (Å²) in [6.07, 6.45) is 3.08. The standard InChI is InChI=1S/C15H20BrN3O.2ClH/c16-12-4-1-2-6-14(12)19-9-7-11(10-19)18-15(20)13-5-3-8-17-13;;/h1-2,4,6,11,13,17H,3,5,7-10H2,(H,18,20);2*1H. The summed E-state index contributed by atoms with van der Waals surface area (Å²) in [5.41, 5.74) is 1.21. The Labute approximate surface area is 152 Å². The number of carbonyl (C=O) groups excluding carboxylic acids is 1. The number of amides is 1. The first-order valence-electron chi connectivity index (χ1n) is 7.27. The van der Waals surface area contributed by atoms with E-state index in [1.807, 2.05) is 6.07 Å². The Morgan fingerprint density at radius 3 is 2.73 bits per heavy atom. The summed E-state index contributed by atoms with van der Waals surface area (Å²) in [5, 5.41) is 6.43. The molecule has 2 saturated heterocycles. The lowest BCUT2D eigenvalue weighted by Gasteiger charge is -2.21. The summed E-state index contributed by atoms with van der Waals surface area (Å²) < 4.78 is 1.12. The van der Waals surface area contributed by atoms with Gasteiger partial charge in [-0.05, 0) is 53.9 Å². The molecular weight excluding hydrogens is 389 g/mol. The zero-order valence-corrected chi connectivity index (χ0v) is 15.5. The van der Waals surface area contributed by atoms with E-state index < -0.39 is 0 Å². The van der Waals surface area contributed by atoms with Crippen molar-refractivity contribution in [2.45, 2.75) is 31.3 Å². The summed E-state index contributed by atoms with van der Waals surface area (Å²) in [6, 6.07) is 8.53. The number of benzene rings is 1. The van der Waals surface area contributed by atoms with Gasteiger partial charge in [0, 0.05) is 23.6 Å². The topological polar surface area (TPSA) is 44.4 Å². The number of para-hydroxylation sites is 1. The summed E-state index contributed by atoms with van der Waals surface area (Å²) in [6.45, 7) is 2.85. The molecule has 0 aliphatic carbocycles. The van der Waals surface area contributed by atoms with Crippen LogP contribution in [0.25, 0.3) is 0 Å². The van der Waals surface area contributed by atoms with E-state index in [2.05, 4.69) is 49.7 Å². The van der Waals surface area contributed by atoms with Crippen molar-refractivity contribution in [2.24, 2.45) is 0 Å². The van der Waals surface area contributed by atoms with E-state index in [9.17, 15) is 4.79 Å². The molecule has 2 aliphatic rings. The highest BCUT2D eigenvalue weighted by Crippen LogP contribution is 2.28. The first kappa shape index (κ1) is 19.6. The van der Waals surface area contributed by atoms with Crippen molar-refractivity contribution in [1.29, 1.82) is 0 Å². The van der Waals surface area contributed by atoms with Gasteiger partial charge < -0.3 is 15.5 Å². The van der Waals surface area contributed by atoms with E-state index in [4.69, 9.17) is 0 Å². The number of nitrogens with zero attached hydrogens (tertiary/aromatic N) is 1. The number of rotatable bonds is 3. The van der Waals surface area contributed by atoms with Gasteiger partial charge in [0.15, 0.2) is 0 Å². The molecule has 4 nitrogen and oxygen atoms in total. The number of halogens is 3. The predicted octanol–water partition coefficient (Wildman–Crippen LogP) is 2.74. The highest BCUT2D eigenvalue weighted by Gasteiger charge is 2.28. The van der Waals surface area contributed by atoms with Crippen LogP contribution in [0, 0.1) is 0 Å². The van der Waals surface area contributed by atoms with E-state index in [1.165, 1.54) is 5.69 Å². The fraction of sp³-hybridized carbons (Fsp3) is 0.533. The van der Waals surface area contributed by atoms with E-state index in [1.54, 1.807) is 0 Å². The largest absolute Gasteiger partial charge is 0.368 e. The van der Waals surface area contributed by atoms with Gasteiger partial charge in [0.2, 0.25) is 5.91 Å². The molecule has 3 rings (SSSR count). The van der Waals surface area contributed by atoms with Gasteiger partial charge in [0.25, 0.3) is 0 Å². The van der Waals surface area contributed by atoms with Crippen molar-refractivity contribution in [2.75, 3.05) is 24.5 Å². The molecule has 0 spiro atoms. The van der Waals surface area contributed by atoms with Crippen molar-refractivity contribution < 1.29 is 4.79 Å². The van der Waals surface area contributed by atoms with Crippen molar-refractivity contribution in [3.63, 3.8) is 0 Å². The Kier molecular flexibility index (Phi) is 7.97. The molecule has 0 bridgehead atoms. The summed E-state index contributed by atoms with van der Waals surface area (Å²) in [5.74, 6) is 0.168. The Hall–Kier alpha value is -0.490. The maximum atomic E-state index is 12.1. The third kappa shape index (κ3) is 4.51. The molecule has 124 valence electrons. The zero-order valence-electron chi connectivity index (χ0n) is 12.3. The van der Waals surface area contributed by atoms with Gasteiger partial charge in [-0.3, -0.25) is 4.79 Å². The molecule has 0 radical (unpaired) electrons. The van der Waals surface area contributed by atoms with E-state index in [-0.39, 0.29) is 42.8 Å².